The first-order valence-corrected chi connectivity index (χ1v) is 38.1. The number of carbonyl (C=O) groups excluding carboxylic acids is 3. The number of hydrogen-bond donors (Lipinski definition) is 7. The number of ether oxygens (including phenoxy) is 7. The zero-order valence-corrected chi connectivity index (χ0v) is 57.8. The molecule has 524 valence electrons. The summed E-state index contributed by atoms with van der Waals surface area (Å²) in [6, 6.07) is -2.84. The molecule has 0 aromatic heterocycles. The Morgan fingerprint density at radius 3 is 1.45 bits per heavy atom. The number of rotatable bonds is 59. The highest BCUT2D eigenvalue weighted by Gasteiger charge is 2.53. The lowest BCUT2D eigenvalue weighted by Crippen LogP contribution is -2.67. The molecule has 0 aromatic rings. The van der Waals surface area contributed by atoms with Crippen molar-refractivity contribution in [3.05, 3.63) is 12.2 Å². The predicted octanol–water partition coefficient (Wildman–Crippen LogP) is 13.6. The van der Waals surface area contributed by atoms with Crippen molar-refractivity contribution in [2.24, 2.45) is 0 Å². The minimum Gasteiger partial charge on any atom is -0.388 e. The molecule has 21 nitrogen and oxygen atoms in total. The molecule has 2 fully saturated rings. The maximum Gasteiger partial charge on any atom is 0.472 e. The molecule has 0 bridgehead atoms. The van der Waals surface area contributed by atoms with Gasteiger partial charge in [-0.3, -0.25) is 23.4 Å². The van der Waals surface area contributed by atoms with E-state index >= 15 is 0 Å². The number of phosphoric acid groups is 2. The van der Waals surface area contributed by atoms with Gasteiger partial charge in [-0.1, -0.05) is 220 Å². The maximum absolute atomic E-state index is 14.1. The molecule has 11 atom stereocenters. The minimum atomic E-state index is -5.39. The number of ketones is 1. The highest BCUT2D eigenvalue weighted by Crippen LogP contribution is 2.44. The summed E-state index contributed by atoms with van der Waals surface area (Å²) < 4.78 is 79.3. The van der Waals surface area contributed by atoms with Crippen molar-refractivity contribution in [3.8, 4) is 0 Å². The highest BCUT2D eigenvalue weighted by atomic mass is 31.2. The van der Waals surface area contributed by atoms with Gasteiger partial charge in [0.15, 0.2) is 12.6 Å². The minimum absolute atomic E-state index is 0.00889. The molecule has 2 rings (SSSR count). The van der Waals surface area contributed by atoms with Crippen LogP contribution >= 0.6 is 15.6 Å². The Balaban J connectivity index is 2.45. The van der Waals surface area contributed by atoms with Gasteiger partial charge in [-0.05, 0) is 57.8 Å². The van der Waals surface area contributed by atoms with E-state index in [0.717, 1.165) is 161 Å². The topological polar surface area (TPSA) is 294 Å². The van der Waals surface area contributed by atoms with E-state index < -0.39 is 102 Å². The number of hydrogen-bond acceptors (Lipinski definition) is 15. The summed E-state index contributed by atoms with van der Waals surface area (Å²) in [7, 11) is -7.69. The first-order valence-electron chi connectivity index (χ1n) is 35.0. The summed E-state index contributed by atoms with van der Waals surface area (Å²) in [5.74, 6) is -1.52. The molecule has 2 amide bonds. The summed E-state index contributed by atoms with van der Waals surface area (Å²) in [4.78, 5) is 82.2. The van der Waals surface area contributed by atoms with Crippen LogP contribution in [0.25, 0.3) is 0 Å². The Morgan fingerprint density at radius 2 is 0.921 bits per heavy atom. The van der Waals surface area contributed by atoms with Crippen molar-refractivity contribution in [3.63, 3.8) is 0 Å². The molecule has 2 aliphatic heterocycles. The summed E-state index contributed by atoms with van der Waals surface area (Å²) in [5, 5.41) is 17.9. The van der Waals surface area contributed by atoms with Gasteiger partial charge in [-0.2, -0.15) is 0 Å². The number of amides is 2. The largest absolute Gasteiger partial charge is 0.472 e. The molecule has 1 unspecified atom stereocenters. The maximum atomic E-state index is 14.1. The summed E-state index contributed by atoms with van der Waals surface area (Å²) >= 11 is 0. The number of aliphatic hydroxyl groups excluding tert-OH is 1. The van der Waals surface area contributed by atoms with Gasteiger partial charge in [0.05, 0.1) is 25.7 Å². The quantitative estimate of drug-likeness (QED) is 0.0129. The second kappa shape index (κ2) is 52.5. The zero-order chi connectivity index (χ0) is 65.4. The number of nitrogens with one attached hydrogen (secondary N) is 2. The molecule has 2 heterocycles. The molecular weight excluding hydrogens is 1190 g/mol. The van der Waals surface area contributed by atoms with Crippen LogP contribution in [0.2, 0.25) is 0 Å². The number of aliphatic hydroxyl groups is 1. The second-order valence-corrected chi connectivity index (χ2v) is 27.2. The normalized spacial score (nSPS) is 22.9. The van der Waals surface area contributed by atoms with Crippen molar-refractivity contribution in [1.82, 2.24) is 10.6 Å². The lowest BCUT2D eigenvalue weighted by molar-refractivity contribution is -0.301. The molecule has 0 spiro atoms. The van der Waals surface area contributed by atoms with Crippen molar-refractivity contribution in [2.45, 2.75) is 352 Å². The van der Waals surface area contributed by atoms with Gasteiger partial charge in [0.1, 0.15) is 54.5 Å². The molecule has 0 aromatic carbocycles. The standard InChI is InChI=1S/C66H126N2O19P2/c1-7-11-15-19-22-25-26-27-28-29-30-32-34-38-42-46-57(70)67-60-64(82-49-47-54(80-6)45-41-36-18-14-10-4)62(86-88(73,74)75)56(51-79-5)85-65(60)83-52-55-61(72)63(81-48-43-39-35-24-21-17-13-9-3)59(66(84-55)87-89(76,77)78)68-58(71)50-53(69)44-40-37-33-31-23-20-16-12-8-2/h25-26,54-56,59-66,72H,7-24,27-52H2,1-6H3,(H,67,70)(H,68,71)(H2,73,74,75)(H2,76,77,78)/b26-25-/t54-,55-,56-,59-,60-,61-,62-,63-,64-,65?,66-/m1/s1. The third-order valence-corrected chi connectivity index (χ3v) is 17.8. The summed E-state index contributed by atoms with van der Waals surface area (Å²) in [5.41, 5.74) is 0. The van der Waals surface area contributed by atoms with Crippen LogP contribution in [0.15, 0.2) is 12.2 Å². The Kier molecular flexibility index (Phi) is 49.2. The van der Waals surface area contributed by atoms with Gasteiger partial charge in [-0.15, -0.1) is 0 Å². The van der Waals surface area contributed by atoms with Crippen LogP contribution in [0.3, 0.4) is 0 Å². The van der Waals surface area contributed by atoms with Crippen molar-refractivity contribution in [2.75, 3.05) is 40.6 Å². The van der Waals surface area contributed by atoms with Crippen LogP contribution in [0.5, 0.6) is 0 Å². The molecule has 2 saturated heterocycles. The molecule has 0 aliphatic carbocycles. The van der Waals surface area contributed by atoms with Crippen molar-refractivity contribution < 1.29 is 90.4 Å². The Morgan fingerprint density at radius 1 is 0.472 bits per heavy atom. The smallest absolute Gasteiger partial charge is 0.388 e. The van der Waals surface area contributed by atoms with Crippen LogP contribution in [0.1, 0.15) is 285 Å². The van der Waals surface area contributed by atoms with E-state index in [1.54, 1.807) is 7.11 Å². The SMILES string of the molecule is CCCCCC/C=C\CCCCCCCCCC(=O)N[C@H]1C(OC[C@H]2O[C@H](OP(=O)(O)O)[C@H](NC(=O)CC(=O)CCCCCCCCCCC)[C@@H](OCCCCCCCCCC)[C@@H]2O)O[C@H](COC)[C@@H](OP(=O)(O)O)[C@@H]1OCC[C@@H](CCCCCCC)OC. The highest BCUT2D eigenvalue weighted by molar-refractivity contribution is 7.46. The van der Waals surface area contributed by atoms with Gasteiger partial charge < -0.3 is 68.5 Å². The van der Waals surface area contributed by atoms with E-state index in [1.807, 2.05) is 0 Å². The first kappa shape index (κ1) is 83.3. The third kappa shape index (κ3) is 41.0. The van der Waals surface area contributed by atoms with Crippen LogP contribution in [0.4, 0.5) is 0 Å². The van der Waals surface area contributed by atoms with Gasteiger partial charge in [0, 0.05) is 40.3 Å². The van der Waals surface area contributed by atoms with Gasteiger partial charge >= 0.3 is 15.6 Å². The van der Waals surface area contributed by atoms with E-state index in [1.165, 1.54) is 58.5 Å². The monoisotopic (exact) mass is 1310 g/mol. The lowest BCUT2D eigenvalue weighted by Gasteiger charge is -2.47. The molecule has 0 radical (unpaired) electrons. The van der Waals surface area contributed by atoms with Gasteiger partial charge in [-0.25, -0.2) is 9.13 Å². The van der Waals surface area contributed by atoms with Gasteiger partial charge in [0.25, 0.3) is 0 Å². The summed E-state index contributed by atoms with van der Waals surface area (Å²) in [6.45, 7) is 7.91. The first-order chi connectivity index (χ1) is 42.9. The van der Waals surface area contributed by atoms with E-state index in [-0.39, 0.29) is 44.5 Å². The Hall–Kier alpha value is -1.75. The average Bonchev–Trinajstić information content (AvgIpc) is 0.966. The van der Waals surface area contributed by atoms with Crippen LogP contribution in [0, 0.1) is 0 Å². The number of carbonyl (C=O) groups is 3. The van der Waals surface area contributed by atoms with E-state index in [9.17, 15) is 48.2 Å². The third-order valence-electron chi connectivity index (χ3n) is 16.8. The fraction of sp³-hybridized carbons (Fsp3) is 0.924. The Bertz CT molecular complexity index is 1900. The number of methoxy groups -OCH3 is 2. The average molecular weight is 1310 g/mol. The fourth-order valence-electron chi connectivity index (χ4n) is 11.7. The fourth-order valence-corrected chi connectivity index (χ4v) is 12.7. The molecule has 0 saturated carbocycles. The van der Waals surface area contributed by atoms with E-state index in [2.05, 4.69) is 50.5 Å². The van der Waals surface area contributed by atoms with Crippen LogP contribution in [-0.2, 0) is 65.7 Å². The Labute approximate surface area is 536 Å². The molecule has 89 heavy (non-hydrogen) atoms. The van der Waals surface area contributed by atoms with Crippen LogP contribution in [-0.4, -0.2) is 150 Å². The van der Waals surface area contributed by atoms with Crippen LogP contribution < -0.4 is 10.6 Å². The molecule has 23 heteroatoms. The number of unbranched alkanes of at least 4 members (excludes halogenated alkanes) is 30. The predicted molar refractivity (Wildman–Crippen MR) is 347 cm³/mol. The summed E-state index contributed by atoms with van der Waals surface area (Å²) in [6.07, 6.45) is 29.6. The molecule has 2 aliphatic rings. The number of phosphoric ester groups is 2. The zero-order valence-electron chi connectivity index (χ0n) is 56.0. The number of allylic oxidation sites excluding steroid dienone is 2. The van der Waals surface area contributed by atoms with Gasteiger partial charge in [0.2, 0.25) is 11.8 Å². The van der Waals surface area contributed by atoms with Crippen molar-refractivity contribution in [1.29, 1.82) is 0 Å². The molecule has 7 N–H and O–H groups in total. The lowest BCUT2D eigenvalue weighted by atomic mass is 9.95. The second-order valence-electron chi connectivity index (χ2n) is 24.8. The number of Topliss-reactive ketones (excluding diaryl/α,β-unsaturated/α-hetero) is 1. The van der Waals surface area contributed by atoms with Crippen molar-refractivity contribution >= 4 is 33.2 Å². The van der Waals surface area contributed by atoms with E-state index in [4.69, 9.17) is 42.2 Å². The van der Waals surface area contributed by atoms with E-state index in [0.29, 0.717) is 25.7 Å². The molecular formula is C66H126N2O19P2.